The highest BCUT2D eigenvalue weighted by Gasteiger charge is 2.18. The molecule has 1 aliphatic heterocycles. The zero-order valence-electron chi connectivity index (χ0n) is 9.05. The van der Waals surface area contributed by atoms with E-state index < -0.39 is 0 Å². The Morgan fingerprint density at radius 2 is 2.31 bits per heavy atom. The van der Waals surface area contributed by atoms with Crippen LogP contribution in [0.2, 0.25) is 0 Å². The molecule has 0 bridgehead atoms. The largest absolute Gasteiger partial charge is 0.289 e. The van der Waals surface area contributed by atoms with Gasteiger partial charge in [-0.15, -0.1) is 0 Å². The molecular weight excluding hydrogens is 218 g/mol. The lowest BCUT2D eigenvalue weighted by atomic mass is 9.95. The van der Waals surface area contributed by atoms with E-state index in [1.54, 1.807) is 6.20 Å². The molecule has 1 atom stereocenters. The second kappa shape index (κ2) is 3.68. The van der Waals surface area contributed by atoms with Crippen LogP contribution in [0, 0.1) is 0 Å². The smallest absolute Gasteiger partial charge is 0.0703 e. The van der Waals surface area contributed by atoms with E-state index in [4.69, 9.17) is 0 Å². The molecule has 0 spiro atoms. The molecule has 0 aromatic heterocycles. The lowest BCUT2D eigenvalue weighted by Crippen LogP contribution is -2.40. The SMILES string of the molecule is CSC1C=CC2=c3c1cccc3=CN(O)C2. The molecule has 0 amide bonds. The topological polar surface area (TPSA) is 23.5 Å². The monoisotopic (exact) mass is 231 g/mol. The van der Waals surface area contributed by atoms with Crippen molar-refractivity contribution < 1.29 is 5.21 Å². The molecule has 16 heavy (non-hydrogen) atoms. The van der Waals surface area contributed by atoms with Gasteiger partial charge in [0.2, 0.25) is 0 Å². The maximum absolute atomic E-state index is 9.61. The van der Waals surface area contributed by atoms with Crippen molar-refractivity contribution >= 4 is 23.5 Å². The normalized spacial score (nSPS) is 21.8. The van der Waals surface area contributed by atoms with Gasteiger partial charge in [0.15, 0.2) is 0 Å². The lowest BCUT2D eigenvalue weighted by molar-refractivity contribution is -0.00747. The molecule has 1 aromatic rings. The van der Waals surface area contributed by atoms with Crippen molar-refractivity contribution in [3.63, 3.8) is 0 Å². The van der Waals surface area contributed by atoms with Gasteiger partial charge < -0.3 is 0 Å². The Morgan fingerprint density at radius 3 is 3.12 bits per heavy atom. The Morgan fingerprint density at radius 1 is 1.44 bits per heavy atom. The number of hydrogen-bond donors (Lipinski definition) is 1. The van der Waals surface area contributed by atoms with Gasteiger partial charge in [-0.2, -0.15) is 11.8 Å². The average Bonchev–Trinajstić information content (AvgIpc) is 2.29. The van der Waals surface area contributed by atoms with Crippen LogP contribution in [-0.2, 0) is 0 Å². The third-order valence-corrected chi connectivity index (χ3v) is 4.02. The van der Waals surface area contributed by atoms with Gasteiger partial charge >= 0.3 is 0 Å². The zero-order valence-corrected chi connectivity index (χ0v) is 9.87. The lowest BCUT2D eigenvalue weighted by Gasteiger charge is -2.24. The van der Waals surface area contributed by atoms with Crippen LogP contribution in [0.4, 0.5) is 0 Å². The molecule has 2 nitrogen and oxygen atoms in total. The third kappa shape index (κ3) is 1.39. The van der Waals surface area contributed by atoms with Gasteiger partial charge in [-0.05, 0) is 22.6 Å². The summed E-state index contributed by atoms with van der Waals surface area (Å²) < 4.78 is 0. The summed E-state index contributed by atoms with van der Waals surface area (Å²) >= 11 is 1.84. The minimum atomic E-state index is 0.442. The summed E-state index contributed by atoms with van der Waals surface area (Å²) in [6.45, 7) is 0.585. The van der Waals surface area contributed by atoms with E-state index >= 15 is 0 Å². The van der Waals surface area contributed by atoms with Gasteiger partial charge in [-0.1, -0.05) is 30.4 Å². The number of rotatable bonds is 1. The maximum atomic E-state index is 9.61. The number of benzene rings is 1. The highest BCUT2D eigenvalue weighted by Crippen LogP contribution is 2.28. The van der Waals surface area contributed by atoms with Crippen LogP contribution in [0.1, 0.15) is 10.8 Å². The molecule has 1 aliphatic carbocycles. The molecule has 2 aliphatic rings. The molecular formula is C13H13NOS. The summed E-state index contributed by atoms with van der Waals surface area (Å²) in [5.74, 6) is 0. The molecule has 0 saturated carbocycles. The van der Waals surface area contributed by atoms with E-state index in [-0.39, 0.29) is 0 Å². The summed E-state index contributed by atoms with van der Waals surface area (Å²) in [4.78, 5) is 0. The molecule has 1 N–H and O–H groups in total. The first-order valence-electron chi connectivity index (χ1n) is 5.30. The summed E-state index contributed by atoms with van der Waals surface area (Å²) in [5.41, 5.74) is 2.58. The van der Waals surface area contributed by atoms with Crippen LogP contribution >= 0.6 is 11.8 Å². The summed E-state index contributed by atoms with van der Waals surface area (Å²) in [6, 6.07) is 6.30. The fourth-order valence-electron chi connectivity index (χ4n) is 2.41. The summed E-state index contributed by atoms with van der Waals surface area (Å²) in [6.07, 6.45) is 8.29. The Bertz CT molecular complexity index is 576. The molecule has 3 rings (SSSR count). The fourth-order valence-corrected chi connectivity index (χ4v) is 3.10. The van der Waals surface area contributed by atoms with E-state index in [0.29, 0.717) is 11.8 Å². The van der Waals surface area contributed by atoms with Crippen molar-refractivity contribution in [1.82, 2.24) is 5.06 Å². The maximum Gasteiger partial charge on any atom is 0.0703 e. The summed E-state index contributed by atoms with van der Waals surface area (Å²) in [5, 5.41) is 13.7. The highest BCUT2D eigenvalue weighted by molar-refractivity contribution is 7.99. The van der Waals surface area contributed by atoms with Gasteiger partial charge in [-0.25, -0.2) is 0 Å². The molecule has 82 valence electrons. The first kappa shape index (κ1) is 10.00. The first-order valence-corrected chi connectivity index (χ1v) is 6.59. The molecule has 0 fully saturated rings. The van der Waals surface area contributed by atoms with Crippen LogP contribution < -0.4 is 10.4 Å². The van der Waals surface area contributed by atoms with Crippen LogP contribution in [0.5, 0.6) is 0 Å². The molecule has 1 aromatic carbocycles. The summed E-state index contributed by atoms with van der Waals surface area (Å²) in [7, 11) is 0. The Hall–Kier alpha value is -1.19. The first-order chi connectivity index (χ1) is 7.79. The quantitative estimate of drug-likeness (QED) is 0.787. The van der Waals surface area contributed by atoms with E-state index in [2.05, 4.69) is 36.6 Å². The van der Waals surface area contributed by atoms with Crippen molar-refractivity contribution in [3.05, 3.63) is 46.4 Å². The van der Waals surface area contributed by atoms with Gasteiger partial charge in [0.05, 0.1) is 6.54 Å². The number of hydroxylamine groups is 2. The number of thioether (sulfide) groups is 1. The predicted octanol–water partition coefficient (Wildman–Crippen LogP) is 1.25. The van der Waals surface area contributed by atoms with Crippen molar-refractivity contribution in [2.24, 2.45) is 0 Å². The molecule has 0 radical (unpaired) electrons. The number of nitrogens with zero attached hydrogens (tertiary/aromatic N) is 1. The fraction of sp³-hybridized carbons (Fsp3) is 0.231. The second-order valence-electron chi connectivity index (χ2n) is 4.08. The van der Waals surface area contributed by atoms with E-state index in [9.17, 15) is 5.21 Å². The van der Waals surface area contributed by atoms with Crippen molar-refractivity contribution in [2.45, 2.75) is 5.25 Å². The van der Waals surface area contributed by atoms with Gasteiger partial charge in [-0.3, -0.25) is 10.3 Å². The van der Waals surface area contributed by atoms with Crippen LogP contribution in [-0.4, -0.2) is 23.1 Å². The van der Waals surface area contributed by atoms with Crippen LogP contribution in [0.15, 0.2) is 30.4 Å². The van der Waals surface area contributed by atoms with E-state index in [1.165, 1.54) is 21.4 Å². The Balaban J connectivity index is 2.38. The zero-order chi connectivity index (χ0) is 11.1. The minimum Gasteiger partial charge on any atom is -0.289 e. The van der Waals surface area contributed by atoms with Gasteiger partial charge in [0, 0.05) is 16.7 Å². The molecule has 1 heterocycles. The third-order valence-electron chi connectivity index (χ3n) is 3.10. The molecule has 3 heteroatoms. The molecule has 1 unspecified atom stereocenters. The van der Waals surface area contributed by atoms with Crippen LogP contribution in [0.3, 0.4) is 0 Å². The Labute approximate surface area is 98.5 Å². The van der Waals surface area contributed by atoms with E-state index in [0.717, 1.165) is 5.22 Å². The van der Waals surface area contributed by atoms with Gasteiger partial charge in [0.25, 0.3) is 0 Å². The Kier molecular flexibility index (Phi) is 2.30. The standard InChI is InChI=1S/C13H13NOS/c1-16-12-6-5-10-8-14(15)7-9-3-2-4-11(12)13(9)10/h2-7,12,15H,8H2,1H3. The van der Waals surface area contributed by atoms with Crippen molar-refractivity contribution in [3.8, 4) is 0 Å². The van der Waals surface area contributed by atoms with Crippen molar-refractivity contribution in [2.75, 3.05) is 12.8 Å². The highest BCUT2D eigenvalue weighted by atomic mass is 32.2. The predicted molar refractivity (Wildman–Crippen MR) is 67.5 cm³/mol. The minimum absolute atomic E-state index is 0.442. The van der Waals surface area contributed by atoms with Crippen molar-refractivity contribution in [1.29, 1.82) is 0 Å². The van der Waals surface area contributed by atoms with Crippen LogP contribution in [0.25, 0.3) is 11.8 Å². The molecule has 0 saturated heterocycles. The number of hydrogen-bond acceptors (Lipinski definition) is 3. The van der Waals surface area contributed by atoms with Gasteiger partial charge in [0.1, 0.15) is 0 Å². The second-order valence-corrected chi connectivity index (χ2v) is 5.06. The van der Waals surface area contributed by atoms with E-state index in [1.807, 2.05) is 11.8 Å². The average molecular weight is 231 g/mol.